The number of nitrogen functional groups attached to an aromatic ring is 1. The Morgan fingerprint density at radius 1 is 1.24 bits per heavy atom. The third-order valence-corrected chi connectivity index (χ3v) is 2.54. The highest BCUT2D eigenvalue weighted by Crippen LogP contribution is 2.10. The van der Waals surface area contributed by atoms with Crippen molar-refractivity contribution in [3.05, 3.63) is 59.4 Å². The molecule has 1 aromatic carbocycles. The Morgan fingerprint density at radius 3 is 2.59 bits per heavy atom. The molecular formula is C14H14N2O. The lowest BCUT2D eigenvalue weighted by Gasteiger charge is -2.02. The van der Waals surface area contributed by atoms with Crippen molar-refractivity contribution in [3.63, 3.8) is 0 Å². The van der Waals surface area contributed by atoms with Gasteiger partial charge in [0, 0.05) is 30.1 Å². The average molecular weight is 226 g/mol. The third-order valence-electron chi connectivity index (χ3n) is 2.54. The zero-order chi connectivity index (χ0) is 12.3. The second-order valence-electron chi connectivity index (χ2n) is 4.09. The van der Waals surface area contributed by atoms with E-state index in [1.54, 1.807) is 24.5 Å². The Hall–Kier alpha value is -2.16. The summed E-state index contributed by atoms with van der Waals surface area (Å²) < 4.78 is 0. The van der Waals surface area contributed by atoms with E-state index in [4.69, 9.17) is 5.73 Å². The summed E-state index contributed by atoms with van der Waals surface area (Å²) in [7, 11) is 0. The molecule has 0 atom stereocenters. The zero-order valence-electron chi connectivity index (χ0n) is 9.68. The Labute approximate surface area is 100 Å². The molecule has 1 heterocycles. The minimum Gasteiger partial charge on any atom is -0.399 e. The van der Waals surface area contributed by atoms with Gasteiger partial charge in [0.1, 0.15) is 0 Å². The van der Waals surface area contributed by atoms with Crippen LogP contribution in [0.2, 0.25) is 0 Å². The van der Waals surface area contributed by atoms with Crippen molar-refractivity contribution in [3.8, 4) is 0 Å². The number of ketones is 1. The van der Waals surface area contributed by atoms with E-state index in [1.807, 2.05) is 25.1 Å². The molecule has 0 fully saturated rings. The number of nitrogens with two attached hydrogens (primary N) is 1. The van der Waals surface area contributed by atoms with Crippen molar-refractivity contribution in [1.29, 1.82) is 0 Å². The molecule has 2 N–H and O–H groups in total. The van der Waals surface area contributed by atoms with Crippen LogP contribution in [0.1, 0.15) is 21.5 Å². The van der Waals surface area contributed by atoms with Gasteiger partial charge in [-0.2, -0.15) is 0 Å². The van der Waals surface area contributed by atoms with E-state index in [2.05, 4.69) is 4.98 Å². The van der Waals surface area contributed by atoms with Crippen LogP contribution in [0.5, 0.6) is 0 Å². The SMILES string of the molecule is Cc1cncc(C(=O)Cc2ccc(N)cc2)c1. The standard InChI is InChI=1S/C14H14N2O/c1-10-6-12(9-16-8-10)14(17)7-11-2-4-13(15)5-3-11/h2-6,8-9H,7,15H2,1H3. The molecule has 0 saturated carbocycles. The van der Waals surface area contributed by atoms with Crippen LogP contribution in [0, 0.1) is 6.92 Å². The molecule has 0 unspecified atom stereocenters. The molecule has 0 aliphatic rings. The topological polar surface area (TPSA) is 56.0 Å². The maximum atomic E-state index is 12.0. The first-order valence-corrected chi connectivity index (χ1v) is 5.44. The summed E-state index contributed by atoms with van der Waals surface area (Å²) in [6, 6.07) is 9.20. The van der Waals surface area contributed by atoms with E-state index in [0.717, 1.165) is 11.1 Å². The van der Waals surface area contributed by atoms with Crippen LogP contribution in [0.25, 0.3) is 0 Å². The normalized spacial score (nSPS) is 10.2. The minimum atomic E-state index is 0.0750. The number of rotatable bonds is 3. The van der Waals surface area contributed by atoms with Gasteiger partial charge in [0.05, 0.1) is 0 Å². The largest absolute Gasteiger partial charge is 0.399 e. The minimum absolute atomic E-state index is 0.0750. The van der Waals surface area contributed by atoms with Crippen molar-refractivity contribution >= 4 is 11.5 Å². The van der Waals surface area contributed by atoms with E-state index >= 15 is 0 Å². The van der Waals surface area contributed by atoms with Crippen LogP contribution in [0.15, 0.2) is 42.7 Å². The first-order chi connectivity index (χ1) is 8.15. The molecule has 1 aromatic heterocycles. The molecule has 3 heteroatoms. The van der Waals surface area contributed by atoms with Crippen molar-refractivity contribution in [2.24, 2.45) is 0 Å². The number of pyridine rings is 1. The van der Waals surface area contributed by atoms with Gasteiger partial charge in [-0.05, 0) is 36.2 Å². The summed E-state index contributed by atoms with van der Waals surface area (Å²) in [5.41, 5.74) is 8.91. The number of hydrogen-bond acceptors (Lipinski definition) is 3. The predicted octanol–water partition coefficient (Wildman–Crippen LogP) is 2.40. The summed E-state index contributed by atoms with van der Waals surface area (Å²) in [5, 5.41) is 0. The number of carbonyl (C=O) groups excluding carboxylic acids is 1. The molecule has 0 radical (unpaired) electrons. The van der Waals surface area contributed by atoms with Crippen molar-refractivity contribution in [2.45, 2.75) is 13.3 Å². The molecule has 0 bridgehead atoms. The number of aryl methyl sites for hydroxylation is 1. The summed E-state index contributed by atoms with van der Waals surface area (Å²) >= 11 is 0. The van der Waals surface area contributed by atoms with Gasteiger partial charge in [-0.3, -0.25) is 9.78 Å². The molecule has 0 aliphatic carbocycles. The predicted molar refractivity (Wildman–Crippen MR) is 67.9 cm³/mol. The summed E-state index contributed by atoms with van der Waals surface area (Å²) in [5.74, 6) is 0.0750. The maximum absolute atomic E-state index is 12.0. The Kier molecular flexibility index (Phi) is 3.19. The molecule has 2 rings (SSSR count). The molecule has 0 spiro atoms. The second kappa shape index (κ2) is 4.78. The maximum Gasteiger partial charge on any atom is 0.168 e. The van der Waals surface area contributed by atoms with Gasteiger partial charge in [0.2, 0.25) is 0 Å². The second-order valence-corrected chi connectivity index (χ2v) is 4.09. The first-order valence-electron chi connectivity index (χ1n) is 5.44. The van der Waals surface area contributed by atoms with Crippen LogP contribution in [0.3, 0.4) is 0 Å². The number of nitrogens with zero attached hydrogens (tertiary/aromatic N) is 1. The van der Waals surface area contributed by atoms with Gasteiger partial charge in [-0.25, -0.2) is 0 Å². The van der Waals surface area contributed by atoms with E-state index in [0.29, 0.717) is 17.7 Å². The van der Waals surface area contributed by atoms with E-state index in [9.17, 15) is 4.79 Å². The molecular weight excluding hydrogens is 212 g/mol. The van der Waals surface area contributed by atoms with Crippen LogP contribution < -0.4 is 5.73 Å². The lowest BCUT2D eigenvalue weighted by molar-refractivity contribution is 0.0992. The zero-order valence-corrected chi connectivity index (χ0v) is 9.68. The molecule has 0 amide bonds. The van der Waals surface area contributed by atoms with Gasteiger partial charge < -0.3 is 5.73 Å². The van der Waals surface area contributed by atoms with Crippen LogP contribution in [-0.2, 0) is 6.42 Å². The van der Waals surface area contributed by atoms with Crippen LogP contribution in [-0.4, -0.2) is 10.8 Å². The van der Waals surface area contributed by atoms with Gasteiger partial charge in [0.25, 0.3) is 0 Å². The number of aromatic nitrogens is 1. The fourth-order valence-corrected chi connectivity index (χ4v) is 1.63. The monoisotopic (exact) mass is 226 g/mol. The molecule has 3 nitrogen and oxygen atoms in total. The smallest absolute Gasteiger partial charge is 0.168 e. The Morgan fingerprint density at radius 2 is 1.94 bits per heavy atom. The summed E-state index contributed by atoms with van der Waals surface area (Å²) in [4.78, 5) is 16.0. The highest BCUT2D eigenvalue weighted by atomic mass is 16.1. The van der Waals surface area contributed by atoms with Crippen molar-refractivity contribution < 1.29 is 4.79 Å². The lowest BCUT2D eigenvalue weighted by atomic mass is 10.0. The highest BCUT2D eigenvalue weighted by Gasteiger charge is 2.07. The molecule has 17 heavy (non-hydrogen) atoms. The first kappa shape index (κ1) is 11.3. The van der Waals surface area contributed by atoms with E-state index in [1.165, 1.54) is 0 Å². The number of benzene rings is 1. The average Bonchev–Trinajstić information content (AvgIpc) is 2.32. The van der Waals surface area contributed by atoms with Gasteiger partial charge in [-0.15, -0.1) is 0 Å². The quantitative estimate of drug-likeness (QED) is 0.645. The van der Waals surface area contributed by atoms with Gasteiger partial charge in [0.15, 0.2) is 5.78 Å². The number of anilines is 1. The summed E-state index contributed by atoms with van der Waals surface area (Å²) in [6.45, 7) is 1.92. The molecule has 0 aliphatic heterocycles. The molecule has 0 saturated heterocycles. The Balaban J connectivity index is 2.14. The van der Waals surface area contributed by atoms with E-state index in [-0.39, 0.29) is 5.78 Å². The Bertz CT molecular complexity index is 532. The van der Waals surface area contributed by atoms with E-state index < -0.39 is 0 Å². The van der Waals surface area contributed by atoms with Crippen molar-refractivity contribution in [1.82, 2.24) is 4.98 Å². The van der Waals surface area contributed by atoms with Crippen molar-refractivity contribution in [2.75, 3.05) is 5.73 Å². The number of hydrogen-bond donors (Lipinski definition) is 1. The number of Topliss-reactive ketones (excluding diaryl/α,β-unsaturated/α-hetero) is 1. The number of carbonyl (C=O) groups is 1. The molecule has 2 aromatic rings. The lowest BCUT2D eigenvalue weighted by Crippen LogP contribution is -2.04. The van der Waals surface area contributed by atoms with Crippen LogP contribution >= 0.6 is 0 Å². The van der Waals surface area contributed by atoms with Crippen LogP contribution in [0.4, 0.5) is 5.69 Å². The highest BCUT2D eigenvalue weighted by molar-refractivity contribution is 5.97. The molecule has 86 valence electrons. The third kappa shape index (κ3) is 2.91. The fourth-order valence-electron chi connectivity index (χ4n) is 1.63. The van der Waals surface area contributed by atoms with Gasteiger partial charge >= 0.3 is 0 Å². The van der Waals surface area contributed by atoms with Gasteiger partial charge in [-0.1, -0.05) is 12.1 Å². The summed E-state index contributed by atoms with van der Waals surface area (Å²) in [6.07, 6.45) is 3.72. The fraction of sp³-hybridized carbons (Fsp3) is 0.143.